The average molecular weight is 309 g/mol. The summed E-state index contributed by atoms with van der Waals surface area (Å²) < 4.78 is 2.20. The van der Waals surface area contributed by atoms with Crippen molar-refractivity contribution in [2.75, 3.05) is 12.3 Å². The van der Waals surface area contributed by atoms with Crippen LogP contribution in [0.15, 0.2) is 5.16 Å². The van der Waals surface area contributed by atoms with Gasteiger partial charge in [-0.3, -0.25) is 10.1 Å². The smallest absolute Gasteiger partial charge is 0.321 e. The van der Waals surface area contributed by atoms with E-state index in [9.17, 15) is 9.59 Å². The minimum Gasteiger partial charge on any atom is -0.338 e. The maximum atomic E-state index is 11.7. The monoisotopic (exact) mass is 309 g/mol. The first-order valence-corrected chi connectivity index (χ1v) is 8.33. The molecule has 2 aliphatic rings. The first kappa shape index (κ1) is 14.4. The van der Waals surface area contributed by atoms with Gasteiger partial charge in [0.15, 0.2) is 5.16 Å². The van der Waals surface area contributed by atoms with Crippen LogP contribution in [0.3, 0.4) is 0 Å². The molecular formula is C13H19N5O2S. The SMILES string of the molecule is CCNC(=O)NC(=O)CSc1nnc(C2CC2)n1C1CC1. The zero-order chi connectivity index (χ0) is 14.8. The number of rotatable bonds is 6. The van der Waals surface area contributed by atoms with Crippen LogP contribution in [0.25, 0.3) is 0 Å². The molecule has 0 spiro atoms. The molecule has 8 heteroatoms. The van der Waals surface area contributed by atoms with Gasteiger partial charge in [-0.25, -0.2) is 4.79 Å². The quantitative estimate of drug-likeness (QED) is 0.776. The fourth-order valence-electron chi connectivity index (χ4n) is 2.18. The third-order valence-electron chi connectivity index (χ3n) is 3.47. The molecule has 2 N–H and O–H groups in total. The molecule has 21 heavy (non-hydrogen) atoms. The Balaban J connectivity index is 1.58. The maximum Gasteiger partial charge on any atom is 0.321 e. The summed E-state index contributed by atoms with van der Waals surface area (Å²) in [5.74, 6) is 1.48. The van der Waals surface area contributed by atoms with Gasteiger partial charge in [0.05, 0.1) is 5.75 Å². The zero-order valence-corrected chi connectivity index (χ0v) is 12.8. The molecule has 1 aromatic rings. The summed E-state index contributed by atoms with van der Waals surface area (Å²) in [6.45, 7) is 2.29. The van der Waals surface area contributed by atoms with Gasteiger partial charge in [-0.05, 0) is 32.6 Å². The molecule has 0 aliphatic heterocycles. The van der Waals surface area contributed by atoms with E-state index < -0.39 is 6.03 Å². The number of aromatic nitrogens is 3. The van der Waals surface area contributed by atoms with Crippen molar-refractivity contribution in [1.29, 1.82) is 0 Å². The summed E-state index contributed by atoms with van der Waals surface area (Å²) >= 11 is 1.35. The van der Waals surface area contributed by atoms with E-state index in [1.807, 2.05) is 0 Å². The molecule has 114 valence electrons. The molecule has 0 atom stereocenters. The molecule has 2 aliphatic carbocycles. The average Bonchev–Trinajstić information content (AvgIpc) is 3.35. The van der Waals surface area contributed by atoms with Gasteiger partial charge in [0.25, 0.3) is 0 Å². The molecular weight excluding hydrogens is 290 g/mol. The second-order valence-corrected chi connectivity index (χ2v) is 6.36. The molecule has 0 radical (unpaired) electrons. The molecule has 7 nitrogen and oxygen atoms in total. The van der Waals surface area contributed by atoms with Crippen LogP contribution in [-0.4, -0.2) is 39.0 Å². The third kappa shape index (κ3) is 3.55. The molecule has 1 heterocycles. The number of amides is 3. The van der Waals surface area contributed by atoms with Gasteiger partial charge in [-0.1, -0.05) is 11.8 Å². The molecule has 0 aromatic carbocycles. The number of hydrogen-bond donors (Lipinski definition) is 2. The van der Waals surface area contributed by atoms with Crippen LogP contribution in [0, 0.1) is 0 Å². The van der Waals surface area contributed by atoms with Gasteiger partial charge < -0.3 is 9.88 Å². The summed E-state index contributed by atoms with van der Waals surface area (Å²) in [6, 6.07) is 0.0509. The van der Waals surface area contributed by atoms with Crippen LogP contribution in [0.4, 0.5) is 4.79 Å². The van der Waals surface area contributed by atoms with Crippen molar-refractivity contribution in [3.63, 3.8) is 0 Å². The molecule has 0 unspecified atom stereocenters. The fraction of sp³-hybridized carbons (Fsp3) is 0.692. The van der Waals surface area contributed by atoms with E-state index in [0.29, 0.717) is 18.5 Å². The fourth-order valence-corrected chi connectivity index (χ4v) is 2.99. The van der Waals surface area contributed by atoms with Crippen molar-refractivity contribution in [3.8, 4) is 0 Å². The van der Waals surface area contributed by atoms with E-state index in [4.69, 9.17) is 0 Å². The van der Waals surface area contributed by atoms with Gasteiger partial charge in [0.1, 0.15) is 5.82 Å². The van der Waals surface area contributed by atoms with E-state index in [-0.39, 0.29) is 11.7 Å². The van der Waals surface area contributed by atoms with Crippen LogP contribution in [0.5, 0.6) is 0 Å². The predicted octanol–water partition coefficient (Wildman–Crippen LogP) is 1.43. The summed E-state index contributed by atoms with van der Waals surface area (Å²) in [4.78, 5) is 23.0. The lowest BCUT2D eigenvalue weighted by Gasteiger charge is -2.08. The minimum absolute atomic E-state index is 0.173. The Labute approximate surface area is 127 Å². The van der Waals surface area contributed by atoms with E-state index in [1.54, 1.807) is 6.92 Å². The standard InChI is InChI=1S/C13H19N5O2S/c1-2-14-12(20)15-10(19)7-21-13-17-16-11(8-3-4-8)18(13)9-5-6-9/h8-9H,2-7H2,1H3,(H2,14,15,19,20). The molecule has 0 bridgehead atoms. The lowest BCUT2D eigenvalue weighted by atomic mass is 10.4. The minimum atomic E-state index is -0.453. The van der Waals surface area contributed by atoms with Crippen molar-refractivity contribution >= 4 is 23.7 Å². The normalized spacial score (nSPS) is 17.6. The summed E-state index contributed by atoms with van der Waals surface area (Å²) in [7, 11) is 0. The van der Waals surface area contributed by atoms with Crippen molar-refractivity contribution in [1.82, 2.24) is 25.4 Å². The summed E-state index contributed by atoms with van der Waals surface area (Å²) in [5, 5.41) is 14.1. The van der Waals surface area contributed by atoms with Crippen LogP contribution in [0.1, 0.15) is 50.4 Å². The van der Waals surface area contributed by atoms with Crippen molar-refractivity contribution < 1.29 is 9.59 Å². The number of nitrogens with one attached hydrogen (secondary N) is 2. The lowest BCUT2D eigenvalue weighted by molar-refractivity contribution is -0.117. The highest BCUT2D eigenvalue weighted by atomic mass is 32.2. The Kier molecular flexibility index (Phi) is 4.14. The van der Waals surface area contributed by atoms with Gasteiger partial charge >= 0.3 is 6.03 Å². The van der Waals surface area contributed by atoms with E-state index in [2.05, 4.69) is 25.4 Å². The van der Waals surface area contributed by atoms with Crippen molar-refractivity contribution in [2.45, 2.75) is 49.7 Å². The lowest BCUT2D eigenvalue weighted by Crippen LogP contribution is -2.40. The number of imide groups is 1. The summed E-state index contributed by atoms with van der Waals surface area (Å²) in [5.41, 5.74) is 0. The molecule has 2 saturated carbocycles. The largest absolute Gasteiger partial charge is 0.338 e. The zero-order valence-electron chi connectivity index (χ0n) is 12.0. The number of thioether (sulfide) groups is 1. The van der Waals surface area contributed by atoms with Gasteiger partial charge in [-0.15, -0.1) is 10.2 Å². The van der Waals surface area contributed by atoms with E-state index in [1.165, 1.54) is 24.6 Å². The maximum absolute atomic E-state index is 11.7. The Morgan fingerprint density at radius 2 is 2.05 bits per heavy atom. The first-order chi connectivity index (χ1) is 10.2. The number of urea groups is 1. The predicted molar refractivity (Wildman–Crippen MR) is 78.2 cm³/mol. The number of nitrogens with zero attached hydrogens (tertiary/aromatic N) is 3. The van der Waals surface area contributed by atoms with Crippen LogP contribution < -0.4 is 10.6 Å². The molecule has 0 saturated heterocycles. The Morgan fingerprint density at radius 1 is 1.29 bits per heavy atom. The molecule has 2 fully saturated rings. The van der Waals surface area contributed by atoms with Crippen molar-refractivity contribution in [3.05, 3.63) is 5.82 Å². The highest BCUT2D eigenvalue weighted by Crippen LogP contribution is 2.45. The highest BCUT2D eigenvalue weighted by Gasteiger charge is 2.36. The van der Waals surface area contributed by atoms with Crippen LogP contribution in [-0.2, 0) is 4.79 Å². The van der Waals surface area contributed by atoms with Crippen LogP contribution in [0.2, 0.25) is 0 Å². The molecule has 3 rings (SSSR count). The number of carbonyl (C=O) groups excluding carboxylic acids is 2. The van der Waals surface area contributed by atoms with Crippen LogP contribution >= 0.6 is 11.8 Å². The molecule has 3 amide bonds. The second-order valence-electron chi connectivity index (χ2n) is 5.41. The Bertz CT molecular complexity index is 551. The first-order valence-electron chi connectivity index (χ1n) is 7.34. The topological polar surface area (TPSA) is 88.9 Å². The van der Waals surface area contributed by atoms with Gasteiger partial charge in [0, 0.05) is 18.5 Å². The van der Waals surface area contributed by atoms with E-state index in [0.717, 1.165) is 23.8 Å². The van der Waals surface area contributed by atoms with E-state index >= 15 is 0 Å². The van der Waals surface area contributed by atoms with Gasteiger partial charge in [0.2, 0.25) is 5.91 Å². The third-order valence-corrected chi connectivity index (χ3v) is 4.41. The van der Waals surface area contributed by atoms with Gasteiger partial charge in [-0.2, -0.15) is 0 Å². The van der Waals surface area contributed by atoms with Crippen molar-refractivity contribution in [2.24, 2.45) is 0 Å². The second kappa shape index (κ2) is 6.05. The number of carbonyl (C=O) groups is 2. The number of hydrogen-bond acceptors (Lipinski definition) is 5. The Morgan fingerprint density at radius 3 is 2.67 bits per heavy atom. The highest BCUT2D eigenvalue weighted by molar-refractivity contribution is 7.99. The molecule has 1 aromatic heterocycles. The summed E-state index contributed by atoms with van der Waals surface area (Å²) in [6.07, 6.45) is 4.70. The Hall–Kier alpha value is -1.57.